The Morgan fingerprint density at radius 1 is 1.08 bits per heavy atom. The molecule has 10 heteroatoms. The molecule has 3 aromatic rings. The molecule has 2 heterocycles. The molecular weight excluding hydrogens is 348 g/mol. The molecule has 9 nitrogen and oxygen atoms in total. The maximum absolute atomic E-state index is 12.4. The van der Waals surface area contributed by atoms with Crippen LogP contribution in [0, 0.1) is 13.8 Å². The third-order valence-electron chi connectivity index (χ3n) is 3.30. The minimum Gasteiger partial charge on any atom is -0.361 e. The second kappa shape index (κ2) is 6.49. The van der Waals surface area contributed by atoms with E-state index in [1.807, 2.05) is 4.83 Å². The number of aromatic nitrogens is 2. The molecule has 0 saturated carbocycles. The van der Waals surface area contributed by atoms with E-state index >= 15 is 0 Å². The second-order valence-electron chi connectivity index (χ2n) is 5.17. The Bertz CT molecular complexity index is 1010. The molecule has 130 valence electrons. The maximum atomic E-state index is 12.4. The van der Waals surface area contributed by atoms with Crippen LogP contribution in [-0.2, 0) is 10.0 Å². The third kappa shape index (κ3) is 3.44. The van der Waals surface area contributed by atoms with Crippen molar-refractivity contribution in [1.29, 1.82) is 0 Å². The maximum Gasteiger partial charge on any atom is 0.272 e. The van der Waals surface area contributed by atoms with Crippen LogP contribution in [0.15, 0.2) is 50.3 Å². The quantitative estimate of drug-likeness (QED) is 0.659. The van der Waals surface area contributed by atoms with Crippen molar-refractivity contribution in [3.8, 4) is 11.5 Å². The number of carbonyl (C=O) groups is 1. The Labute approximate surface area is 143 Å². The van der Waals surface area contributed by atoms with Crippen molar-refractivity contribution in [3.05, 3.63) is 53.4 Å². The highest BCUT2D eigenvalue weighted by atomic mass is 32.2. The lowest BCUT2D eigenvalue weighted by atomic mass is 10.1. The Balaban J connectivity index is 1.82. The van der Waals surface area contributed by atoms with Gasteiger partial charge in [0.25, 0.3) is 15.9 Å². The van der Waals surface area contributed by atoms with Gasteiger partial charge in [0, 0.05) is 6.07 Å². The van der Waals surface area contributed by atoms with Crippen LogP contribution < -0.4 is 10.3 Å². The Morgan fingerprint density at radius 3 is 2.44 bits per heavy atom. The summed E-state index contributed by atoms with van der Waals surface area (Å²) < 4.78 is 34.4. The summed E-state index contributed by atoms with van der Waals surface area (Å²) in [6.07, 6.45) is 0. The van der Waals surface area contributed by atoms with Crippen molar-refractivity contribution in [3.63, 3.8) is 0 Å². The minimum atomic E-state index is -3.90. The molecule has 0 spiro atoms. The SMILES string of the molecule is Cc1cc(-c2onc(C)c2C(=O)NNS(=O)(=O)c2ccccc2)no1. The first-order valence-corrected chi connectivity index (χ1v) is 8.64. The van der Waals surface area contributed by atoms with Gasteiger partial charge in [0.05, 0.1) is 10.6 Å². The van der Waals surface area contributed by atoms with E-state index in [0.29, 0.717) is 5.76 Å². The minimum absolute atomic E-state index is 0.0182. The highest BCUT2D eigenvalue weighted by molar-refractivity contribution is 7.89. The molecular formula is C15H14N4O5S. The van der Waals surface area contributed by atoms with Gasteiger partial charge in [0.2, 0.25) is 5.76 Å². The molecule has 25 heavy (non-hydrogen) atoms. The zero-order chi connectivity index (χ0) is 18.0. The molecule has 0 unspecified atom stereocenters. The van der Waals surface area contributed by atoms with Gasteiger partial charge >= 0.3 is 0 Å². The molecule has 0 bridgehead atoms. The predicted molar refractivity (Wildman–Crippen MR) is 85.7 cm³/mol. The van der Waals surface area contributed by atoms with Crippen molar-refractivity contribution in [2.45, 2.75) is 18.7 Å². The number of sulfonamides is 1. The van der Waals surface area contributed by atoms with Crippen LogP contribution in [0.4, 0.5) is 0 Å². The fourth-order valence-electron chi connectivity index (χ4n) is 2.12. The summed E-state index contributed by atoms with van der Waals surface area (Å²) >= 11 is 0. The van der Waals surface area contributed by atoms with E-state index in [9.17, 15) is 13.2 Å². The summed E-state index contributed by atoms with van der Waals surface area (Å²) in [4.78, 5) is 14.5. The summed E-state index contributed by atoms with van der Waals surface area (Å²) in [5.74, 6) is -0.111. The summed E-state index contributed by atoms with van der Waals surface area (Å²) in [6, 6.07) is 9.22. The Hall–Kier alpha value is -2.98. The summed E-state index contributed by atoms with van der Waals surface area (Å²) in [6.45, 7) is 3.24. The van der Waals surface area contributed by atoms with Gasteiger partial charge in [-0.25, -0.2) is 8.42 Å². The van der Waals surface area contributed by atoms with Gasteiger partial charge in [-0.2, -0.15) is 0 Å². The molecule has 0 aliphatic heterocycles. The van der Waals surface area contributed by atoms with Gasteiger partial charge in [-0.05, 0) is 26.0 Å². The van der Waals surface area contributed by atoms with E-state index in [-0.39, 0.29) is 27.6 Å². The van der Waals surface area contributed by atoms with E-state index in [1.54, 1.807) is 38.1 Å². The number of aryl methyl sites for hydroxylation is 2. The largest absolute Gasteiger partial charge is 0.361 e. The van der Waals surface area contributed by atoms with Crippen molar-refractivity contribution < 1.29 is 22.3 Å². The molecule has 1 aromatic carbocycles. The summed E-state index contributed by atoms with van der Waals surface area (Å²) in [7, 11) is -3.90. The predicted octanol–water partition coefficient (Wildman–Crippen LogP) is 1.57. The number of hydrazine groups is 1. The molecule has 1 amide bonds. The molecule has 0 aliphatic carbocycles. The number of hydrogen-bond donors (Lipinski definition) is 2. The average Bonchev–Trinajstić information content (AvgIpc) is 3.19. The number of rotatable bonds is 5. The zero-order valence-corrected chi connectivity index (χ0v) is 14.1. The van der Waals surface area contributed by atoms with Crippen molar-refractivity contribution in [1.82, 2.24) is 20.6 Å². The van der Waals surface area contributed by atoms with E-state index in [0.717, 1.165) is 0 Å². The lowest BCUT2D eigenvalue weighted by molar-refractivity contribution is 0.0944. The number of benzene rings is 1. The summed E-state index contributed by atoms with van der Waals surface area (Å²) in [5.41, 5.74) is 2.78. The van der Waals surface area contributed by atoms with Gasteiger partial charge < -0.3 is 9.05 Å². The number of carbonyl (C=O) groups excluding carboxylic acids is 1. The number of amides is 1. The van der Waals surface area contributed by atoms with Crippen LogP contribution in [0.2, 0.25) is 0 Å². The van der Waals surface area contributed by atoms with Crippen molar-refractivity contribution in [2.24, 2.45) is 0 Å². The normalized spacial score (nSPS) is 11.4. The monoisotopic (exact) mass is 362 g/mol. The fraction of sp³-hybridized carbons (Fsp3) is 0.133. The highest BCUT2D eigenvalue weighted by Gasteiger charge is 2.25. The van der Waals surface area contributed by atoms with Gasteiger partial charge in [0.15, 0.2) is 5.69 Å². The van der Waals surface area contributed by atoms with Crippen LogP contribution in [-0.4, -0.2) is 24.6 Å². The van der Waals surface area contributed by atoms with E-state index in [1.165, 1.54) is 12.1 Å². The van der Waals surface area contributed by atoms with Crippen LogP contribution in [0.1, 0.15) is 21.8 Å². The average molecular weight is 362 g/mol. The fourth-order valence-corrected chi connectivity index (χ4v) is 2.98. The van der Waals surface area contributed by atoms with Gasteiger partial charge in [0.1, 0.15) is 11.3 Å². The molecule has 0 aliphatic rings. The first-order valence-electron chi connectivity index (χ1n) is 7.15. The lowest BCUT2D eigenvalue weighted by Gasteiger charge is -2.08. The van der Waals surface area contributed by atoms with Gasteiger partial charge in [-0.1, -0.05) is 28.5 Å². The molecule has 0 atom stereocenters. The van der Waals surface area contributed by atoms with Crippen LogP contribution in [0.5, 0.6) is 0 Å². The van der Waals surface area contributed by atoms with Crippen LogP contribution in [0.3, 0.4) is 0 Å². The Morgan fingerprint density at radius 2 is 1.80 bits per heavy atom. The smallest absolute Gasteiger partial charge is 0.272 e. The van der Waals surface area contributed by atoms with Gasteiger partial charge in [-0.15, -0.1) is 4.83 Å². The molecule has 0 saturated heterocycles. The molecule has 0 fully saturated rings. The molecule has 2 aromatic heterocycles. The molecule has 2 N–H and O–H groups in total. The highest BCUT2D eigenvalue weighted by Crippen LogP contribution is 2.25. The second-order valence-corrected chi connectivity index (χ2v) is 6.85. The number of nitrogens with one attached hydrogen (secondary N) is 2. The van der Waals surface area contributed by atoms with Crippen LogP contribution >= 0.6 is 0 Å². The van der Waals surface area contributed by atoms with Crippen LogP contribution in [0.25, 0.3) is 11.5 Å². The molecule has 0 radical (unpaired) electrons. The van der Waals surface area contributed by atoms with E-state index in [2.05, 4.69) is 15.7 Å². The number of hydrogen-bond acceptors (Lipinski definition) is 7. The summed E-state index contributed by atoms with van der Waals surface area (Å²) in [5, 5.41) is 7.50. The van der Waals surface area contributed by atoms with Crippen molar-refractivity contribution in [2.75, 3.05) is 0 Å². The third-order valence-corrected chi connectivity index (χ3v) is 4.57. The first kappa shape index (κ1) is 16.9. The van der Waals surface area contributed by atoms with E-state index < -0.39 is 15.9 Å². The standard InChI is InChI=1S/C15H14N4O5S/c1-9-8-12(18-23-9)14-13(10(2)17-24-14)15(20)16-19-25(21,22)11-6-4-3-5-7-11/h3-8,19H,1-2H3,(H,16,20). The number of nitrogens with zero attached hydrogens (tertiary/aromatic N) is 2. The topological polar surface area (TPSA) is 127 Å². The lowest BCUT2D eigenvalue weighted by Crippen LogP contribution is -2.41. The zero-order valence-electron chi connectivity index (χ0n) is 13.3. The molecule has 3 rings (SSSR count). The van der Waals surface area contributed by atoms with E-state index in [4.69, 9.17) is 9.05 Å². The van der Waals surface area contributed by atoms with Crippen molar-refractivity contribution >= 4 is 15.9 Å². The Kier molecular flexibility index (Phi) is 4.38. The van der Waals surface area contributed by atoms with Gasteiger partial charge in [-0.3, -0.25) is 10.2 Å². The first-order chi connectivity index (χ1) is 11.9.